The predicted molar refractivity (Wildman–Crippen MR) is 103 cm³/mol. The average molecular weight is 388 g/mol. The Morgan fingerprint density at radius 2 is 2.00 bits per heavy atom. The molecule has 1 aromatic heterocycles. The molecule has 1 amide bonds. The highest BCUT2D eigenvalue weighted by atomic mass is 19.3. The number of amides is 1. The maximum Gasteiger partial charge on any atom is 0.387 e. The van der Waals surface area contributed by atoms with Crippen molar-refractivity contribution in [1.29, 1.82) is 0 Å². The number of carbonyl (C=O) groups excluding carboxylic acids is 1. The maximum absolute atomic E-state index is 12.4. The molecule has 2 N–H and O–H groups in total. The van der Waals surface area contributed by atoms with Crippen LogP contribution in [0.5, 0.6) is 11.5 Å². The van der Waals surface area contributed by atoms with Crippen molar-refractivity contribution in [3.05, 3.63) is 59.8 Å². The number of ether oxygens (including phenoxy) is 2. The molecule has 0 saturated heterocycles. The number of hydrogen-bond acceptors (Lipinski definition) is 3. The smallest absolute Gasteiger partial charge is 0.387 e. The third kappa shape index (κ3) is 5.00. The van der Waals surface area contributed by atoms with Gasteiger partial charge in [0.15, 0.2) is 11.5 Å². The van der Waals surface area contributed by atoms with Crippen molar-refractivity contribution >= 4 is 16.8 Å². The summed E-state index contributed by atoms with van der Waals surface area (Å²) in [5, 5.41) is 4.02. The number of aryl methyl sites for hydroxylation is 1. The summed E-state index contributed by atoms with van der Waals surface area (Å²) >= 11 is 0. The quantitative estimate of drug-likeness (QED) is 0.571. The van der Waals surface area contributed by atoms with E-state index in [0.29, 0.717) is 6.42 Å². The minimum atomic E-state index is -2.92. The van der Waals surface area contributed by atoms with Gasteiger partial charge in [-0.2, -0.15) is 8.78 Å². The number of nitrogens with one attached hydrogen (secondary N) is 2. The molecule has 0 spiro atoms. The fourth-order valence-corrected chi connectivity index (χ4v) is 3.08. The number of rotatable bonds is 9. The largest absolute Gasteiger partial charge is 0.493 e. The zero-order valence-electron chi connectivity index (χ0n) is 15.5. The summed E-state index contributed by atoms with van der Waals surface area (Å²) in [5.41, 5.74) is 3.03. The van der Waals surface area contributed by atoms with Gasteiger partial charge in [-0.05, 0) is 42.2 Å². The third-order valence-electron chi connectivity index (χ3n) is 4.46. The second-order valence-corrected chi connectivity index (χ2v) is 6.35. The Bertz CT molecular complexity index is 940. The molecule has 0 unspecified atom stereocenters. The van der Waals surface area contributed by atoms with E-state index in [1.165, 1.54) is 24.1 Å². The van der Waals surface area contributed by atoms with Crippen molar-refractivity contribution in [3.63, 3.8) is 0 Å². The van der Waals surface area contributed by atoms with Gasteiger partial charge in [0, 0.05) is 30.1 Å². The van der Waals surface area contributed by atoms with Crippen LogP contribution in [-0.2, 0) is 17.8 Å². The first-order valence-corrected chi connectivity index (χ1v) is 9.00. The zero-order valence-corrected chi connectivity index (χ0v) is 15.5. The molecule has 7 heteroatoms. The van der Waals surface area contributed by atoms with Crippen LogP contribution in [-0.4, -0.2) is 24.6 Å². The molecule has 0 aliphatic rings. The molecule has 0 aliphatic heterocycles. The number of halogens is 2. The van der Waals surface area contributed by atoms with E-state index in [2.05, 4.69) is 21.1 Å². The van der Waals surface area contributed by atoms with Crippen LogP contribution in [0.25, 0.3) is 10.9 Å². The van der Waals surface area contributed by atoms with E-state index in [-0.39, 0.29) is 24.0 Å². The molecule has 2 aromatic carbocycles. The topological polar surface area (TPSA) is 63.3 Å². The summed E-state index contributed by atoms with van der Waals surface area (Å²) in [6, 6.07) is 12.7. The van der Waals surface area contributed by atoms with Crippen molar-refractivity contribution < 1.29 is 23.0 Å². The van der Waals surface area contributed by atoms with Gasteiger partial charge < -0.3 is 19.8 Å². The lowest BCUT2D eigenvalue weighted by Crippen LogP contribution is -2.22. The number of methoxy groups -OCH3 is 1. The van der Waals surface area contributed by atoms with E-state index in [0.717, 1.165) is 23.9 Å². The predicted octanol–water partition coefficient (Wildman–Crippen LogP) is 4.42. The molecule has 0 fully saturated rings. The van der Waals surface area contributed by atoms with Gasteiger partial charge in [-0.1, -0.05) is 24.3 Å². The highest BCUT2D eigenvalue weighted by Crippen LogP contribution is 2.29. The van der Waals surface area contributed by atoms with Gasteiger partial charge in [0.05, 0.1) is 7.11 Å². The van der Waals surface area contributed by atoms with Gasteiger partial charge in [-0.3, -0.25) is 4.79 Å². The SMILES string of the molecule is COc1cc(CNC(=O)CCCc2c[nH]c3ccccc23)ccc1OC(F)F. The standard InChI is InChI=1S/C21H22F2N2O3/c1-27-19-11-14(9-10-18(19)28-21(22)23)12-25-20(26)8-4-5-15-13-24-17-7-3-2-6-16(15)17/h2-3,6-7,9-11,13,21,24H,4-5,8,12H2,1H3,(H,25,26). The normalized spacial score (nSPS) is 11.0. The highest BCUT2D eigenvalue weighted by molar-refractivity contribution is 5.83. The first-order valence-electron chi connectivity index (χ1n) is 9.00. The monoisotopic (exact) mass is 388 g/mol. The Kier molecular flexibility index (Phi) is 6.47. The Morgan fingerprint density at radius 3 is 2.79 bits per heavy atom. The molecule has 3 aromatic rings. The fourth-order valence-electron chi connectivity index (χ4n) is 3.08. The molecule has 0 saturated carbocycles. The zero-order chi connectivity index (χ0) is 19.9. The lowest BCUT2D eigenvalue weighted by Gasteiger charge is -2.12. The fraction of sp³-hybridized carbons (Fsp3) is 0.286. The summed E-state index contributed by atoms with van der Waals surface area (Å²) in [6.07, 6.45) is 3.93. The van der Waals surface area contributed by atoms with Crippen molar-refractivity contribution in [2.24, 2.45) is 0 Å². The van der Waals surface area contributed by atoms with E-state index in [1.807, 2.05) is 24.4 Å². The highest BCUT2D eigenvalue weighted by Gasteiger charge is 2.11. The Morgan fingerprint density at radius 1 is 1.18 bits per heavy atom. The number of alkyl halides is 2. The van der Waals surface area contributed by atoms with E-state index < -0.39 is 6.61 Å². The number of benzene rings is 2. The number of H-pyrrole nitrogens is 1. The summed E-state index contributed by atoms with van der Waals surface area (Å²) in [6.45, 7) is -2.63. The van der Waals surface area contributed by atoms with Crippen molar-refractivity contribution in [1.82, 2.24) is 10.3 Å². The Hall–Kier alpha value is -3.09. The minimum Gasteiger partial charge on any atom is -0.493 e. The van der Waals surface area contributed by atoms with Gasteiger partial charge >= 0.3 is 6.61 Å². The van der Waals surface area contributed by atoms with Gasteiger partial charge in [0.2, 0.25) is 5.91 Å². The van der Waals surface area contributed by atoms with Crippen LogP contribution in [0.3, 0.4) is 0 Å². The number of carbonyl (C=O) groups is 1. The van der Waals surface area contributed by atoms with Crippen LogP contribution in [0, 0.1) is 0 Å². The van der Waals surface area contributed by atoms with Gasteiger partial charge in [-0.25, -0.2) is 0 Å². The Balaban J connectivity index is 1.47. The number of para-hydroxylation sites is 1. The average Bonchev–Trinajstić information content (AvgIpc) is 3.10. The molecular formula is C21H22F2N2O3. The van der Waals surface area contributed by atoms with Crippen molar-refractivity contribution in [2.45, 2.75) is 32.4 Å². The van der Waals surface area contributed by atoms with Crippen LogP contribution in [0.1, 0.15) is 24.0 Å². The van der Waals surface area contributed by atoms with Crippen molar-refractivity contribution in [3.8, 4) is 11.5 Å². The second-order valence-electron chi connectivity index (χ2n) is 6.35. The summed E-state index contributed by atoms with van der Waals surface area (Å²) in [5.74, 6) is 0.101. The molecule has 28 heavy (non-hydrogen) atoms. The van der Waals surface area contributed by atoms with E-state index in [1.54, 1.807) is 12.1 Å². The molecule has 0 radical (unpaired) electrons. The number of hydrogen-bond donors (Lipinski definition) is 2. The van der Waals surface area contributed by atoms with Crippen LogP contribution < -0.4 is 14.8 Å². The molecule has 0 atom stereocenters. The first kappa shape index (κ1) is 19.7. The number of aromatic nitrogens is 1. The first-order chi connectivity index (χ1) is 13.6. The molecule has 148 valence electrons. The molecule has 0 aliphatic carbocycles. The van der Waals surface area contributed by atoms with Gasteiger partial charge in [0.1, 0.15) is 0 Å². The van der Waals surface area contributed by atoms with Crippen LogP contribution >= 0.6 is 0 Å². The third-order valence-corrected chi connectivity index (χ3v) is 4.46. The molecule has 1 heterocycles. The number of fused-ring (bicyclic) bond motifs is 1. The summed E-state index contributed by atoms with van der Waals surface area (Å²) < 4.78 is 34.2. The van der Waals surface area contributed by atoms with Crippen LogP contribution in [0.15, 0.2) is 48.7 Å². The molecule has 3 rings (SSSR count). The van der Waals surface area contributed by atoms with Crippen molar-refractivity contribution in [2.75, 3.05) is 7.11 Å². The molecule has 0 bridgehead atoms. The van der Waals surface area contributed by atoms with Gasteiger partial charge in [0.25, 0.3) is 0 Å². The van der Waals surface area contributed by atoms with Crippen LogP contribution in [0.4, 0.5) is 8.78 Å². The minimum absolute atomic E-state index is 0.0358. The molecule has 5 nitrogen and oxygen atoms in total. The van der Waals surface area contributed by atoms with E-state index in [4.69, 9.17) is 4.74 Å². The number of aromatic amines is 1. The lowest BCUT2D eigenvalue weighted by molar-refractivity contribution is -0.121. The van der Waals surface area contributed by atoms with Gasteiger partial charge in [-0.15, -0.1) is 0 Å². The summed E-state index contributed by atoms with van der Waals surface area (Å²) in [7, 11) is 1.38. The second kappa shape index (κ2) is 9.21. The lowest BCUT2D eigenvalue weighted by atomic mass is 10.1. The van der Waals surface area contributed by atoms with E-state index in [9.17, 15) is 13.6 Å². The molecular weight excluding hydrogens is 366 g/mol. The van der Waals surface area contributed by atoms with Crippen LogP contribution in [0.2, 0.25) is 0 Å². The van der Waals surface area contributed by atoms with E-state index >= 15 is 0 Å². The summed E-state index contributed by atoms with van der Waals surface area (Å²) in [4.78, 5) is 15.3. The Labute approximate surface area is 161 Å². The maximum atomic E-state index is 12.4.